The van der Waals surface area contributed by atoms with Crippen LogP contribution < -0.4 is 0 Å². The van der Waals surface area contributed by atoms with E-state index in [0.717, 1.165) is 17.1 Å². The van der Waals surface area contributed by atoms with Gasteiger partial charge in [-0.2, -0.15) is 0 Å². The van der Waals surface area contributed by atoms with E-state index in [1.807, 2.05) is 6.92 Å². The van der Waals surface area contributed by atoms with Crippen LogP contribution in [0.2, 0.25) is 0 Å². The van der Waals surface area contributed by atoms with Gasteiger partial charge in [-0.25, -0.2) is 0 Å². The third-order valence-electron chi connectivity index (χ3n) is 0.710. The summed E-state index contributed by atoms with van der Waals surface area (Å²) < 4.78 is 4.68. The molecule has 0 aromatic carbocycles. The lowest BCUT2D eigenvalue weighted by Crippen LogP contribution is -2.15. The molecule has 0 saturated carbocycles. The Morgan fingerprint density at radius 2 is 1.70 bits per heavy atom. The fraction of sp³-hybridized carbons (Fsp3) is 1.00. The van der Waals surface area contributed by atoms with Crippen molar-refractivity contribution in [2.75, 3.05) is 19.8 Å². The molecular weight excluding hydrogens is 152 g/mol. The van der Waals surface area contributed by atoms with Gasteiger partial charge in [0.05, 0.1) is 13.2 Å². The molecule has 0 aliphatic carbocycles. The zero-order chi connectivity index (χ0) is 8.41. The van der Waals surface area contributed by atoms with Crippen molar-refractivity contribution in [3.8, 4) is 0 Å². The first-order valence-corrected chi connectivity index (χ1v) is 3.93. The third kappa shape index (κ3) is 15.7. The van der Waals surface area contributed by atoms with Crippen LogP contribution in [0.3, 0.4) is 0 Å². The molecule has 0 unspecified atom stereocenters. The fourth-order valence-electron chi connectivity index (χ4n) is 0.0577. The number of aliphatic hydroxyl groups excluding tert-OH is 3. The Balaban J connectivity index is 0. The Hall–Kier alpha value is 0.0569. The molecule has 0 aliphatic rings. The minimum Gasteiger partial charge on any atom is -0.428 e. The number of rotatable bonds is 3. The minimum absolute atomic E-state index is 0.365. The lowest BCUT2D eigenvalue weighted by Gasteiger charge is -1.96. The molecule has 0 bridgehead atoms. The van der Waals surface area contributed by atoms with Gasteiger partial charge >= 0.3 is 0 Å². The molecule has 0 aromatic rings. The summed E-state index contributed by atoms with van der Waals surface area (Å²) in [5.74, 6) is 0. The number of hydrogen-bond donors (Lipinski definition) is 3. The number of aliphatic hydroxyl groups is 3. The minimum atomic E-state index is -0.954. The van der Waals surface area contributed by atoms with Crippen LogP contribution in [-0.4, -0.2) is 51.7 Å². The van der Waals surface area contributed by atoms with E-state index in [1.54, 1.807) is 0 Å². The predicted octanol–water partition coefficient (Wildman–Crippen LogP) is -2.36. The first kappa shape index (κ1) is 12.7. The van der Waals surface area contributed by atoms with Gasteiger partial charge in [0.1, 0.15) is 16.6 Å². The third-order valence-corrected chi connectivity index (χ3v) is 1.29. The molecule has 0 saturated heterocycles. The fourth-order valence-corrected chi connectivity index (χ4v) is 0.0577. The molecule has 4 nitrogen and oxygen atoms in total. The quantitative estimate of drug-likeness (QED) is 0.412. The summed E-state index contributed by atoms with van der Waals surface area (Å²) in [4.78, 5) is 0. The van der Waals surface area contributed by atoms with Crippen LogP contribution in [0, 0.1) is 0 Å². The summed E-state index contributed by atoms with van der Waals surface area (Å²) in [5.41, 5.74) is 0. The maximum absolute atomic E-state index is 8.17. The van der Waals surface area contributed by atoms with Gasteiger partial charge in [0.15, 0.2) is 0 Å². The lowest BCUT2D eigenvalue weighted by atomic mass is 10.4. The van der Waals surface area contributed by atoms with Gasteiger partial charge in [0, 0.05) is 6.61 Å². The lowest BCUT2D eigenvalue weighted by molar-refractivity contribution is 0.0450. The molecule has 0 aromatic heterocycles. The zero-order valence-electron chi connectivity index (χ0n) is 6.45. The largest absolute Gasteiger partial charge is 0.428 e. The highest BCUT2D eigenvalue weighted by molar-refractivity contribution is 5.97. The van der Waals surface area contributed by atoms with E-state index in [-0.39, 0.29) is 13.2 Å². The van der Waals surface area contributed by atoms with Crippen LogP contribution in [-0.2, 0) is 4.43 Å². The summed E-state index contributed by atoms with van der Waals surface area (Å²) in [7, 11) is 0.890. The van der Waals surface area contributed by atoms with E-state index in [0.29, 0.717) is 0 Å². The highest BCUT2D eigenvalue weighted by Gasteiger charge is 1.93. The standard InChI is InChI=1S/C3H8O3.C2H8OSi/c4-1-3(6)2-5;1-2-3-4/h3-6H,1-2H2;2H2,1,4H3. The average Bonchev–Trinajstić information content (AvgIpc) is 2.03. The molecule has 64 valence electrons. The average molecular weight is 168 g/mol. The van der Waals surface area contributed by atoms with Gasteiger partial charge in [-0.15, -0.1) is 0 Å². The Morgan fingerprint density at radius 3 is 1.70 bits per heavy atom. The van der Waals surface area contributed by atoms with Crippen molar-refractivity contribution >= 4 is 10.5 Å². The molecule has 0 radical (unpaired) electrons. The van der Waals surface area contributed by atoms with Gasteiger partial charge < -0.3 is 19.7 Å². The second-order valence-electron chi connectivity index (χ2n) is 1.60. The van der Waals surface area contributed by atoms with Crippen LogP contribution >= 0.6 is 0 Å². The zero-order valence-corrected chi connectivity index (χ0v) is 8.45. The summed E-state index contributed by atoms with van der Waals surface area (Å²) in [6, 6.07) is 0. The van der Waals surface area contributed by atoms with E-state index in [9.17, 15) is 0 Å². The number of hydrogen-bond acceptors (Lipinski definition) is 4. The predicted molar refractivity (Wildman–Crippen MR) is 41.7 cm³/mol. The van der Waals surface area contributed by atoms with E-state index in [4.69, 9.17) is 15.3 Å². The first-order chi connectivity index (χ1) is 4.72. The van der Waals surface area contributed by atoms with Gasteiger partial charge in [0.2, 0.25) is 0 Å². The Kier molecular flexibility index (Phi) is 15.0. The van der Waals surface area contributed by atoms with Crippen LogP contribution in [0.25, 0.3) is 0 Å². The highest BCUT2D eigenvalue weighted by atomic mass is 28.2. The van der Waals surface area contributed by atoms with Crippen LogP contribution in [0.1, 0.15) is 6.92 Å². The van der Waals surface area contributed by atoms with Crippen molar-refractivity contribution in [2.45, 2.75) is 13.0 Å². The summed E-state index contributed by atoms with van der Waals surface area (Å²) in [6.45, 7) is 2.15. The molecule has 0 atom stereocenters. The second kappa shape index (κ2) is 11.8. The van der Waals surface area contributed by atoms with Gasteiger partial charge in [-0.05, 0) is 6.92 Å². The molecule has 0 spiro atoms. The molecule has 0 rings (SSSR count). The molecule has 5 heteroatoms. The van der Waals surface area contributed by atoms with E-state index < -0.39 is 6.10 Å². The molecule has 0 heterocycles. The molecule has 10 heavy (non-hydrogen) atoms. The monoisotopic (exact) mass is 168 g/mol. The van der Waals surface area contributed by atoms with Crippen LogP contribution in [0.4, 0.5) is 0 Å². The smallest absolute Gasteiger partial charge is 0.145 e. The summed E-state index contributed by atoms with van der Waals surface area (Å²) in [6.07, 6.45) is -0.954. The van der Waals surface area contributed by atoms with Crippen molar-refractivity contribution in [1.29, 1.82) is 0 Å². The summed E-state index contributed by atoms with van der Waals surface area (Å²) >= 11 is 0. The van der Waals surface area contributed by atoms with Crippen molar-refractivity contribution in [2.24, 2.45) is 0 Å². The van der Waals surface area contributed by atoms with Crippen molar-refractivity contribution in [3.63, 3.8) is 0 Å². The second-order valence-corrected chi connectivity index (χ2v) is 2.17. The van der Waals surface area contributed by atoms with Crippen LogP contribution in [0.15, 0.2) is 0 Å². The molecule has 3 N–H and O–H groups in total. The molecule has 0 amide bonds. The van der Waals surface area contributed by atoms with Gasteiger partial charge in [-0.1, -0.05) is 0 Å². The Labute approximate surface area is 64.0 Å². The van der Waals surface area contributed by atoms with Crippen LogP contribution in [0.5, 0.6) is 0 Å². The highest BCUT2D eigenvalue weighted by Crippen LogP contribution is 1.71. The Bertz CT molecular complexity index is 46.9. The van der Waals surface area contributed by atoms with Gasteiger partial charge in [-0.3, -0.25) is 0 Å². The Morgan fingerprint density at radius 1 is 1.40 bits per heavy atom. The molecule has 0 fully saturated rings. The first-order valence-electron chi connectivity index (χ1n) is 3.11. The summed E-state index contributed by atoms with van der Waals surface area (Å²) in [5, 5.41) is 24.0. The normalized spacial score (nSPS) is 9.30. The topological polar surface area (TPSA) is 69.9 Å². The van der Waals surface area contributed by atoms with Crippen molar-refractivity contribution in [1.82, 2.24) is 0 Å². The maximum Gasteiger partial charge on any atom is 0.145 e. The van der Waals surface area contributed by atoms with Gasteiger partial charge in [0.25, 0.3) is 0 Å². The molecular formula is C5H16O4Si. The SMILES string of the molecule is CCO[SiH3].OCC(O)CO. The molecule has 0 aliphatic heterocycles. The maximum atomic E-state index is 8.17. The van der Waals surface area contributed by atoms with E-state index in [2.05, 4.69) is 4.43 Å². The van der Waals surface area contributed by atoms with Crippen molar-refractivity contribution in [3.05, 3.63) is 0 Å². The van der Waals surface area contributed by atoms with E-state index >= 15 is 0 Å². The van der Waals surface area contributed by atoms with Crippen molar-refractivity contribution < 1.29 is 19.7 Å². The van der Waals surface area contributed by atoms with E-state index in [1.165, 1.54) is 0 Å².